The van der Waals surface area contributed by atoms with E-state index in [2.05, 4.69) is 0 Å². The van der Waals surface area contributed by atoms with Crippen LogP contribution in [0.25, 0.3) is 0 Å². The molecule has 2 N–H and O–H groups in total. The maximum atomic E-state index is 11.9. The lowest BCUT2D eigenvalue weighted by Gasteiger charge is -2.11. The molecule has 1 aliphatic carbocycles. The third-order valence-electron chi connectivity index (χ3n) is 3.55. The molecule has 6 heteroatoms. The smallest absolute Gasteiger partial charge is 0.152 e. The van der Waals surface area contributed by atoms with Gasteiger partial charge in [0.2, 0.25) is 0 Å². The zero-order valence-electron chi connectivity index (χ0n) is 11.0. The zero-order valence-corrected chi connectivity index (χ0v) is 12.5. The van der Waals surface area contributed by atoms with Gasteiger partial charge in [0.05, 0.1) is 17.4 Å². The number of hydrogen-bond donors (Lipinski definition) is 1. The van der Waals surface area contributed by atoms with Gasteiger partial charge in [-0.3, -0.25) is 0 Å². The van der Waals surface area contributed by atoms with E-state index >= 15 is 0 Å². The topological polar surface area (TPSA) is 69.4 Å². The first-order valence-corrected chi connectivity index (χ1v) is 8.45. The second kappa shape index (κ2) is 5.05. The van der Waals surface area contributed by atoms with Gasteiger partial charge in [0.25, 0.3) is 0 Å². The van der Waals surface area contributed by atoms with E-state index in [4.69, 9.17) is 22.1 Å². The van der Waals surface area contributed by atoms with Crippen molar-refractivity contribution in [3.8, 4) is 0 Å². The van der Waals surface area contributed by atoms with E-state index < -0.39 is 20.6 Å². The molecule has 3 atom stereocenters. The largest absolute Gasteiger partial charge is 0.380 e. The van der Waals surface area contributed by atoms with Gasteiger partial charge in [-0.25, -0.2) is 8.42 Å². The Kier molecular flexibility index (Phi) is 3.93. The molecule has 4 nitrogen and oxygen atoms in total. The Morgan fingerprint density at radius 1 is 1.37 bits per heavy atom. The summed E-state index contributed by atoms with van der Waals surface area (Å²) in [5, 5.41) is 0.0282. The Bertz CT molecular complexity index is 558. The summed E-state index contributed by atoms with van der Waals surface area (Å²) in [4.78, 5) is 0. The summed E-state index contributed by atoms with van der Waals surface area (Å²) in [5.74, 6) is -0.230. The first kappa shape index (κ1) is 14.8. The van der Waals surface area contributed by atoms with E-state index in [9.17, 15) is 8.42 Å². The number of nitrogens with two attached hydrogens (primary N) is 1. The molecule has 1 fully saturated rings. The van der Waals surface area contributed by atoms with Gasteiger partial charge >= 0.3 is 0 Å². The molecule has 0 saturated heterocycles. The van der Waals surface area contributed by atoms with Crippen molar-refractivity contribution in [2.45, 2.75) is 23.6 Å². The van der Waals surface area contributed by atoms with Crippen LogP contribution < -0.4 is 5.73 Å². The highest BCUT2D eigenvalue weighted by Crippen LogP contribution is 2.54. The molecule has 0 amide bonds. The van der Waals surface area contributed by atoms with Crippen LogP contribution in [0.5, 0.6) is 0 Å². The Balaban J connectivity index is 2.30. The summed E-state index contributed by atoms with van der Waals surface area (Å²) in [6, 6.07) is 7.14. The van der Waals surface area contributed by atoms with Crippen LogP contribution >= 0.6 is 11.6 Å². The van der Waals surface area contributed by atoms with E-state index in [-0.39, 0.29) is 12.5 Å². The highest BCUT2D eigenvalue weighted by atomic mass is 35.5. The molecule has 19 heavy (non-hydrogen) atoms. The van der Waals surface area contributed by atoms with Crippen molar-refractivity contribution in [2.75, 3.05) is 19.5 Å². The highest BCUT2D eigenvalue weighted by molar-refractivity contribution is 7.91. The van der Waals surface area contributed by atoms with Crippen LogP contribution in [0.4, 0.5) is 0 Å². The fraction of sp³-hybridized carbons (Fsp3) is 0.538. The summed E-state index contributed by atoms with van der Waals surface area (Å²) in [6.07, 6.45) is 1.22. The van der Waals surface area contributed by atoms with E-state index in [1.54, 1.807) is 12.1 Å². The van der Waals surface area contributed by atoms with Crippen molar-refractivity contribution >= 4 is 21.4 Å². The minimum atomic E-state index is -3.21. The number of hydrogen-bond acceptors (Lipinski definition) is 4. The lowest BCUT2D eigenvalue weighted by atomic mass is 10.1. The first-order valence-electron chi connectivity index (χ1n) is 6.11. The summed E-state index contributed by atoms with van der Waals surface area (Å²) in [7, 11) is -3.21. The van der Waals surface area contributed by atoms with Gasteiger partial charge in [-0.2, -0.15) is 0 Å². The highest BCUT2D eigenvalue weighted by Gasteiger charge is 2.67. The second-order valence-corrected chi connectivity index (χ2v) is 7.63. The van der Waals surface area contributed by atoms with Crippen LogP contribution in [0.1, 0.15) is 18.4 Å². The molecule has 1 aliphatic rings. The van der Waals surface area contributed by atoms with Crippen LogP contribution in [0, 0.1) is 0 Å². The van der Waals surface area contributed by atoms with Gasteiger partial charge in [-0.15, -0.1) is 0 Å². The standard InChI is InChI=1S/C13H18ClNO3S/c1-3-18-8-13(15)11(12(13)19(2,16)17)9-4-6-10(14)7-5-9/h4-7,11-12H,3,8,15H2,1-2H3. The van der Waals surface area contributed by atoms with Crippen molar-refractivity contribution in [1.82, 2.24) is 0 Å². The average molecular weight is 304 g/mol. The summed E-state index contributed by atoms with van der Waals surface area (Å²) >= 11 is 5.84. The van der Waals surface area contributed by atoms with Crippen molar-refractivity contribution in [3.05, 3.63) is 34.9 Å². The van der Waals surface area contributed by atoms with Crippen LogP contribution in [-0.4, -0.2) is 38.7 Å². The predicted molar refractivity (Wildman–Crippen MR) is 76.2 cm³/mol. The fourth-order valence-corrected chi connectivity index (χ4v) is 4.64. The number of rotatable bonds is 5. The van der Waals surface area contributed by atoms with Crippen LogP contribution in [0.3, 0.4) is 0 Å². The Morgan fingerprint density at radius 2 is 1.95 bits per heavy atom. The van der Waals surface area contributed by atoms with Gasteiger partial charge in [-0.05, 0) is 24.6 Å². The van der Waals surface area contributed by atoms with E-state index in [1.807, 2.05) is 19.1 Å². The summed E-state index contributed by atoms with van der Waals surface area (Å²) < 4.78 is 29.1. The number of sulfone groups is 1. The molecule has 0 aliphatic heterocycles. The first-order chi connectivity index (χ1) is 8.80. The average Bonchev–Trinajstić information content (AvgIpc) is 2.95. The van der Waals surface area contributed by atoms with Crippen molar-refractivity contribution in [1.29, 1.82) is 0 Å². The maximum Gasteiger partial charge on any atom is 0.152 e. The monoisotopic (exact) mass is 303 g/mol. The molecule has 0 radical (unpaired) electrons. The van der Waals surface area contributed by atoms with Gasteiger partial charge in [0.15, 0.2) is 9.84 Å². The molecule has 0 bridgehead atoms. The number of ether oxygens (including phenoxy) is 1. The Morgan fingerprint density at radius 3 is 2.42 bits per heavy atom. The number of benzene rings is 1. The molecular formula is C13H18ClNO3S. The van der Waals surface area contributed by atoms with Crippen molar-refractivity contribution < 1.29 is 13.2 Å². The summed E-state index contributed by atoms with van der Waals surface area (Å²) in [6.45, 7) is 2.62. The Labute approximate surface area is 118 Å². The Hall–Kier alpha value is -0.620. The lowest BCUT2D eigenvalue weighted by molar-refractivity contribution is 0.125. The van der Waals surface area contributed by atoms with Gasteiger partial charge in [0.1, 0.15) is 0 Å². The lowest BCUT2D eigenvalue weighted by Crippen LogP contribution is -2.36. The maximum absolute atomic E-state index is 11.9. The minimum Gasteiger partial charge on any atom is -0.380 e. The molecule has 2 rings (SSSR count). The molecule has 1 saturated carbocycles. The molecule has 3 unspecified atom stereocenters. The van der Waals surface area contributed by atoms with Crippen molar-refractivity contribution in [3.63, 3.8) is 0 Å². The van der Waals surface area contributed by atoms with Gasteiger partial charge < -0.3 is 10.5 Å². The van der Waals surface area contributed by atoms with Crippen LogP contribution in [0.15, 0.2) is 24.3 Å². The molecule has 0 aromatic heterocycles. The molecule has 0 spiro atoms. The zero-order chi connectivity index (χ0) is 14.3. The number of halogens is 1. The van der Waals surface area contributed by atoms with Crippen LogP contribution in [0.2, 0.25) is 5.02 Å². The van der Waals surface area contributed by atoms with Gasteiger partial charge in [0, 0.05) is 23.8 Å². The van der Waals surface area contributed by atoms with E-state index in [1.165, 1.54) is 6.26 Å². The molecular weight excluding hydrogens is 286 g/mol. The van der Waals surface area contributed by atoms with Crippen molar-refractivity contribution in [2.24, 2.45) is 5.73 Å². The van der Waals surface area contributed by atoms with E-state index in [0.29, 0.717) is 11.6 Å². The molecule has 0 heterocycles. The minimum absolute atomic E-state index is 0.230. The molecule has 106 valence electrons. The van der Waals surface area contributed by atoms with Crippen LogP contribution in [-0.2, 0) is 14.6 Å². The third kappa shape index (κ3) is 2.79. The SMILES string of the molecule is CCOCC1(N)C(c2ccc(Cl)cc2)C1S(C)(=O)=O. The van der Waals surface area contributed by atoms with Gasteiger partial charge in [-0.1, -0.05) is 23.7 Å². The second-order valence-electron chi connectivity index (χ2n) is 5.03. The normalized spacial score (nSPS) is 30.3. The van der Waals surface area contributed by atoms with E-state index in [0.717, 1.165) is 5.56 Å². The summed E-state index contributed by atoms with van der Waals surface area (Å²) in [5.41, 5.74) is 6.30. The predicted octanol–water partition coefficient (Wildman–Crippen LogP) is 1.58. The third-order valence-corrected chi connectivity index (χ3v) is 5.43. The quantitative estimate of drug-likeness (QED) is 0.897. The fourth-order valence-electron chi connectivity index (χ4n) is 2.67. The molecule has 1 aromatic rings. The molecule has 1 aromatic carbocycles.